The van der Waals surface area contributed by atoms with Crippen LogP contribution in [0.1, 0.15) is 54.0 Å². The lowest BCUT2D eigenvalue weighted by atomic mass is 9.91. The minimum absolute atomic E-state index is 0.0260. The smallest absolute Gasteiger partial charge is 0.264 e. The van der Waals surface area contributed by atoms with Gasteiger partial charge in [0.15, 0.2) is 0 Å². The molecule has 0 unspecified atom stereocenters. The van der Waals surface area contributed by atoms with E-state index in [4.69, 9.17) is 8.92 Å². The molecule has 3 aromatic rings. The average Bonchev–Trinajstić information content (AvgIpc) is 3.48. The quantitative estimate of drug-likeness (QED) is 0.382. The molecule has 2 fully saturated rings. The Kier molecular flexibility index (Phi) is 7.68. The Morgan fingerprint density at radius 3 is 2.50 bits per heavy atom. The van der Waals surface area contributed by atoms with Gasteiger partial charge in [0, 0.05) is 49.6 Å². The van der Waals surface area contributed by atoms with E-state index in [1.165, 1.54) is 10.4 Å². The fourth-order valence-corrected chi connectivity index (χ4v) is 7.96. The Balaban J connectivity index is 1.05. The number of aryl methyl sites for hydroxylation is 1. The van der Waals surface area contributed by atoms with Crippen molar-refractivity contribution in [2.45, 2.75) is 63.1 Å². The summed E-state index contributed by atoms with van der Waals surface area (Å²) in [4.78, 5) is 16.5. The summed E-state index contributed by atoms with van der Waals surface area (Å²) in [5.41, 5.74) is 2.52. The van der Waals surface area contributed by atoms with Crippen LogP contribution in [0.3, 0.4) is 0 Å². The first-order valence-corrected chi connectivity index (χ1v) is 16.3. The Hall–Kier alpha value is -2.11. The van der Waals surface area contributed by atoms with Gasteiger partial charge < -0.3 is 4.74 Å². The summed E-state index contributed by atoms with van der Waals surface area (Å²) in [5.74, 6) is 0.676. The molecule has 0 amide bonds. The number of thiophene rings is 1. The molecule has 3 aliphatic rings. The van der Waals surface area contributed by atoms with Crippen molar-refractivity contribution in [1.82, 2.24) is 19.8 Å². The molecule has 1 aromatic carbocycles. The molecule has 1 saturated heterocycles. The van der Waals surface area contributed by atoms with Crippen LogP contribution in [0, 0.1) is 0 Å². The molecule has 0 radical (unpaired) electrons. The van der Waals surface area contributed by atoms with Gasteiger partial charge in [0.1, 0.15) is 17.3 Å². The first-order chi connectivity index (χ1) is 18.4. The summed E-state index contributed by atoms with van der Waals surface area (Å²) in [7, 11) is -3.48. The third-order valence-electron chi connectivity index (χ3n) is 8.27. The van der Waals surface area contributed by atoms with Crippen LogP contribution in [0.15, 0.2) is 36.7 Å². The monoisotopic (exact) mass is 556 g/mol. The van der Waals surface area contributed by atoms with E-state index in [0.717, 1.165) is 93.3 Å². The number of hydrogen-bond acceptors (Lipinski definition) is 9. The highest BCUT2D eigenvalue weighted by Crippen LogP contribution is 2.46. The van der Waals surface area contributed by atoms with Crippen molar-refractivity contribution in [3.63, 3.8) is 0 Å². The molecule has 0 spiro atoms. The molecule has 10 heteroatoms. The van der Waals surface area contributed by atoms with Crippen LogP contribution >= 0.6 is 11.3 Å². The fraction of sp³-hybridized carbons (Fsp3) is 0.571. The predicted molar refractivity (Wildman–Crippen MR) is 149 cm³/mol. The minimum Gasteiger partial charge on any atom is -0.474 e. The van der Waals surface area contributed by atoms with Gasteiger partial charge >= 0.3 is 0 Å². The summed E-state index contributed by atoms with van der Waals surface area (Å²) < 4.78 is 34.9. The second-order valence-corrected chi connectivity index (χ2v) is 13.6. The summed E-state index contributed by atoms with van der Waals surface area (Å²) in [5, 5.41) is 0.962. The number of fused-ring (bicyclic) bond motifs is 3. The second kappa shape index (κ2) is 11.2. The van der Waals surface area contributed by atoms with Crippen molar-refractivity contribution in [3.8, 4) is 5.88 Å². The molecule has 2 aliphatic carbocycles. The Morgan fingerprint density at radius 2 is 1.76 bits per heavy atom. The largest absolute Gasteiger partial charge is 0.474 e. The van der Waals surface area contributed by atoms with Gasteiger partial charge in [0.05, 0.1) is 18.2 Å². The van der Waals surface area contributed by atoms with E-state index in [2.05, 4.69) is 50.1 Å². The molecule has 6 rings (SSSR count). The summed E-state index contributed by atoms with van der Waals surface area (Å²) in [6.07, 6.45) is 8.96. The van der Waals surface area contributed by atoms with Crippen LogP contribution in [0.4, 0.5) is 0 Å². The number of nitrogens with zero attached hydrogens (tertiary/aromatic N) is 4. The molecule has 1 aliphatic heterocycles. The lowest BCUT2D eigenvalue weighted by Gasteiger charge is -2.42. The Morgan fingerprint density at radius 1 is 1.00 bits per heavy atom. The number of ether oxygens (including phenoxy) is 1. The summed E-state index contributed by atoms with van der Waals surface area (Å²) >= 11 is 1.67. The number of piperazine rings is 1. The molecule has 1 saturated carbocycles. The molecule has 0 N–H and O–H groups in total. The van der Waals surface area contributed by atoms with Gasteiger partial charge in [-0.1, -0.05) is 30.3 Å². The van der Waals surface area contributed by atoms with Gasteiger partial charge in [-0.2, -0.15) is 8.42 Å². The number of benzene rings is 1. The van der Waals surface area contributed by atoms with E-state index in [-0.39, 0.29) is 18.6 Å². The van der Waals surface area contributed by atoms with E-state index in [9.17, 15) is 8.42 Å². The van der Waals surface area contributed by atoms with E-state index >= 15 is 0 Å². The van der Waals surface area contributed by atoms with Crippen LogP contribution in [-0.2, 0) is 27.3 Å². The van der Waals surface area contributed by atoms with E-state index in [0.29, 0.717) is 11.9 Å². The summed E-state index contributed by atoms with van der Waals surface area (Å²) in [6.45, 7) is 5.71. The number of rotatable bonds is 8. The van der Waals surface area contributed by atoms with E-state index < -0.39 is 10.1 Å². The molecule has 204 valence electrons. The van der Waals surface area contributed by atoms with Gasteiger partial charge in [0.2, 0.25) is 5.88 Å². The normalized spacial score (nSPS) is 25.0. The fourth-order valence-electron chi connectivity index (χ4n) is 6.32. The van der Waals surface area contributed by atoms with Gasteiger partial charge in [-0.05, 0) is 49.7 Å². The van der Waals surface area contributed by atoms with Crippen molar-refractivity contribution < 1.29 is 17.3 Å². The third-order valence-corrected chi connectivity index (χ3v) is 10.0. The maximum atomic E-state index is 11.6. The second-order valence-electron chi connectivity index (χ2n) is 10.9. The first-order valence-electron chi connectivity index (χ1n) is 13.7. The van der Waals surface area contributed by atoms with Crippen molar-refractivity contribution in [1.29, 1.82) is 0 Å². The molecule has 1 atom stereocenters. The molecule has 38 heavy (non-hydrogen) atoms. The van der Waals surface area contributed by atoms with Gasteiger partial charge in [-0.15, -0.1) is 11.3 Å². The summed E-state index contributed by atoms with van der Waals surface area (Å²) in [6, 6.07) is 11.4. The SMILES string of the molecule is CS(=O)(=O)OC[C@H]1CCc2sc3ncnc(OC4CCC(N5CCN(Cc6ccccc6)CC5)CC4)c3c21. The third kappa shape index (κ3) is 5.89. The number of hydrogen-bond donors (Lipinski definition) is 0. The molecular formula is C28H36N4O4S2. The van der Waals surface area contributed by atoms with Crippen molar-refractivity contribution in [2.24, 2.45) is 0 Å². The minimum atomic E-state index is -3.48. The molecular weight excluding hydrogens is 520 g/mol. The van der Waals surface area contributed by atoms with Crippen LogP contribution in [0.25, 0.3) is 10.2 Å². The zero-order valence-electron chi connectivity index (χ0n) is 21.9. The highest BCUT2D eigenvalue weighted by molar-refractivity contribution is 7.85. The van der Waals surface area contributed by atoms with Crippen LogP contribution in [0.5, 0.6) is 5.88 Å². The highest BCUT2D eigenvalue weighted by atomic mass is 32.2. The van der Waals surface area contributed by atoms with Gasteiger partial charge in [0.25, 0.3) is 10.1 Å². The van der Waals surface area contributed by atoms with Crippen molar-refractivity contribution in [3.05, 3.63) is 52.7 Å². The molecule has 8 nitrogen and oxygen atoms in total. The Bertz CT molecular complexity index is 1350. The van der Waals surface area contributed by atoms with Gasteiger partial charge in [-0.25, -0.2) is 9.97 Å². The Labute approximate surface area is 229 Å². The maximum absolute atomic E-state index is 11.6. The highest BCUT2D eigenvalue weighted by Gasteiger charge is 2.33. The van der Waals surface area contributed by atoms with Crippen molar-refractivity contribution in [2.75, 3.05) is 39.0 Å². The van der Waals surface area contributed by atoms with Crippen LogP contribution < -0.4 is 4.74 Å². The average molecular weight is 557 g/mol. The lowest BCUT2D eigenvalue weighted by Crippen LogP contribution is -2.51. The lowest BCUT2D eigenvalue weighted by molar-refractivity contribution is 0.0487. The zero-order valence-corrected chi connectivity index (χ0v) is 23.6. The zero-order chi connectivity index (χ0) is 26.1. The van der Waals surface area contributed by atoms with E-state index in [1.54, 1.807) is 17.7 Å². The molecule has 3 heterocycles. The number of aromatic nitrogens is 2. The van der Waals surface area contributed by atoms with Crippen LogP contribution in [0.2, 0.25) is 0 Å². The van der Waals surface area contributed by atoms with Crippen LogP contribution in [-0.4, -0.2) is 79.4 Å². The maximum Gasteiger partial charge on any atom is 0.264 e. The first kappa shape index (κ1) is 26.1. The predicted octanol–water partition coefficient (Wildman–Crippen LogP) is 4.21. The molecule has 2 aromatic heterocycles. The van der Waals surface area contributed by atoms with E-state index in [1.807, 2.05) is 0 Å². The van der Waals surface area contributed by atoms with Gasteiger partial charge in [-0.3, -0.25) is 14.0 Å². The topological polar surface area (TPSA) is 84.9 Å². The molecule has 0 bridgehead atoms. The standard InChI is InChI=1S/C28H36N4O4S2/c1-38(33,34)35-18-21-7-12-24-25(21)26-27(29-19-30-28(26)37-24)36-23-10-8-22(9-11-23)32-15-13-31(14-16-32)17-20-5-3-2-4-6-20/h2-6,19,21-23H,7-18H2,1H3/t21-,22?,23?/m1/s1. The van der Waals surface area contributed by atoms with Crippen molar-refractivity contribution >= 4 is 31.7 Å².